The molecule has 0 aromatic heterocycles. The standard InChI is InChI=1S/C12H21N3O4/c1-13-3-2-4-14(6-5-13)12(18)15-7-8-19-10(9-15)11(16)17/h10H,2-9H2,1H3,(H,16,17). The molecule has 0 radical (unpaired) electrons. The average molecular weight is 271 g/mol. The number of aliphatic carboxylic acids is 1. The smallest absolute Gasteiger partial charge is 0.334 e. The summed E-state index contributed by atoms with van der Waals surface area (Å²) in [6, 6.07) is -0.0650. The Hall–Kier alpha value is -1.34. The molecule has 2 aliphatic rings. The number of nitrogens with zero attached hydrogens (tertiary/aromatic N) is 3. The summed E-state index contributed by atoms with van der Waals surface area (Å²) >= 11 is 0. The third kappa shape index (κ3) is 3.57. The van der Waals surface area contributed by atoms with Crippen LogP contribution < -0.4 is 0 Å². The number of morpholine rings is 1. The SMILES string of the molecule is CN1CCCN(C(=O)N2CCOC(C(=O)O)C2)CC1. The summed E-state index contributed by atoms with van der Waals surface area (Å²) in [4.78, 5) is 28.9. The maximum absolute atomic E-state index is 12.4. The molecule has 7 nitrogen and oxygen atoms in total. The number of hydrogen-bond acceptors (Lipinski definition) is 4. The molecule has 19 heavy (non-hydrogen) atoms. The Morgan fingerprint density at radius 3 is 2.63 bits per heavy atom. The van der Waals surface area contributed by atoms with Gasteiger partial charge in [0.2, 0.25) is 0 Å². The Bertz CT molecular complexity index is 350. The van der Waals surface area contributed by atoms with E-state index in [1.165, 1.54) is 0 Å². The fourth-order valence-corrected chi connectivity index (χ4v) is 2.41. The van der Waals surface area contributed by atoms with Gasteiger partial charge in [0, 0.05) is 26.2 Å². The van der Waals surface area contributed by atoms with Crippen molar-refractivity contribution in [3.63, 3.8) is 0 Å². The summed E-state index contributed by atoms with van der Waals surface area (Å²) in [5.74, 6) is -1.01. The van der Waals surface area contributed by atoms with Crippen molar-refractivity contribution in [3.8, 4) is 0 Å². The molecule has 2 heterocycles. The lowest BCUT2D eigenvalue weighted by atomic mass is 10.3. The van der Waals surface area contributed by atoms with Crippen molar-refractivity contribution < 1.29 is 19.4 Å². The van der Waals surface area contributed by atoms with Crippen molar-refractivity contribution >= 4 is 12.0 Å². The second-order valence-corrected chi connectivity index (χ2v) is 5.07. The number of carbonyl (C=O) groups excluding carboxylic acids is 1. The molecule has 0 spiro atoms. The lowest BCUT2D eigenvalue weighted by molar-refractivity contribution is -0.154. The van der Waals surface area contributed by atoms with Gasteiger partial charge in [-0.25, -0.2) is 9.59 Å². The van der Waals surface area contributed by atoms with E-state index in [4.69, 9.17) is 9.84 Å². The molecule has 2 rings (SSSR count). The van der Waals surface area contributed by atoms with Gasteiger partial charge in [-0.2, -0.15) is 0 Å². The van der Waals surface area contributed by atoms with Crippen LogP contribution in [0, 0.1) is 0 Å². The molecule has 2 fully saturated rings. The number of urea groups is 1. The molecular weight excluding hydrogens is 250 g/mol. The molecule has 1 unspecified atom stereocenters. The van der Waals surface area contributed by atoms with Crippen LogP contribution in [0.15, 0.2) is 0 Å². The number of ether oxygens (including phenoxy) is 1. The highest BCUT2D eigenvalue weighted by Crippen LogP contribution is 2.10. The van der Waals surface area contributed by atoms with Crippen LogP contribution in [0.25, 0.3) is 0 Å². The molecule has 7 heteroatoms. The van der Waals surface area contributed by atoms with E-state index < -0.39 is 12.1 Å². The van der Waals surface area contributed by atoms with Gasteiger partial charge in [0.05, 0.1) is 13.2 Å². The highest BCUT2D eigenvalue weighted by molar-refractivity contribution is 5.77. The van der Waals surface area contributed by atoms with E-state index in [2.05, 4.69) is 4.90 Å². The van der Waals surface area contributed by atoms with Crippen LogP contribution >= 0.6 is 0 Å². The van der Waals surface area contributed by atoms with E-state index in [1.54, 1.807) is 4.90 Å². The molecule has 0 saturated carbocycles. The Labute approximate surface area is 112 Å². The topological polar surface area (TPSA) is 73.3 Å². The molecule has 2 aliphatic heterocycles. The minimum absolute atomic E-state index is 0.0650. The molecule has 0 bridgehead atoms. The molecule has 1 N–H and O–H groups in total. The van der Waals surface area contributed by atoms with Crippen molar-refractivity contribution in [3.05, 3.63) is 0 Å². The van der Waals surface area contributed by atoms with Gasteiger partial charge in [0.25, 0.3) is 0 Å². The number of carboxylic acid groups (broad SMARTS) is 1. The molecule has 2 saturated heterocycles. The van der Waals surface area contributed by atoms with E-state index in [-0.39, 0.29) is 19.2 Å². The lowest BCUT2D eigenvalue weighted by Gasteiger charge is -2.34. The van der Waals surface area contributed by atoms with Crippen LogP contribution in [0.3, 0.4) is 0 Å². The number of rotatable bonds is 1. The number of amides is 2. The third-order valence-electron chi connectivity index (χ3n) is 3.60. The summed E-state index contributed by atoms with van der Waals surface area (Å²) in [6.45, 7) is 4.18. The number of carboxylic acids is 1. The molecule has 0 aromatic rings. The zero-order valence-electron chi connectivity index (χ0n) is 11.2. The van der Waals surface area contributed by atoms with Gasteiger partial charge in [0.1, 0.15) is 0 Å². The molecule has 2 amide bonds. The first-order chi connectivity index (χ1) is 9.08. The number of likely N-dealkylation sites (N-methyl/N-ethyl adjacent to an activating group) is 1. The summed E-state index contributed by atoms with van der Waals surface area (Å²) in [5, 5.41) is 8.94. The van der Waals surface area contributed by atoms with E-state index in [9.17, 15) is 9.59 Å². The van der Waals surface area contributed by atoms with E-state index >= 15 is 0 Å². The van der Waals surface area contributed by atoms with E-state index in [1.807, 2.05) is 11.9 Å². The third-order valence-corrected chi connectivity index (χ3v) is 3.60. The summed E-state index contributed by atoms with van der Waals surface area (Å²) in [5.41, 5.74) is 0. The van der Waals surface area contributed by atoms with Crippen molar-refractivity contribution in [1.29, 1.82) is 0 Å². The summed E-state index contributed by atoms with van der Waals surface area (Å²) < 4.78 is 5.13. The zero-order valence-corrected chi connectivity index (χ0v) is 11.2. The van der Waals surface area contributed by atoms with Gasteiger partial charge in [-0.15, -0.1) is 0 Å². The van der Waals surface area contributed by atoms with E-state index in [0.717, 1.165) is 26.1 Å². The lowest BCUT2D eigenvalue weighted by Crippen LogP contribution is -2.53. The predicted molar refractivity (Wildman–Crippen MR) is 68.0 cm³/mol. The first-order valence-electron chi connectivity index (χ1n) is 6.64. The Morgan fingerprint density at radius 1 is 1.11 bits per heavy atom. The van der Waals surface area contributed by atoms with Gasteiger partial charge in [0.15, 0.2) is 6.10 Å². The van der Waals surface area contributed by atoms with Gasteiger partial charge in [-0.3, -0.25) is 0 Å². The minimum Gasteiger partial charge on any atom is -0.479 e. The largest absolute Gasteiger partial charge is 0.479 e. The van der Waals surface area contributed by atoms with Gasteiger partial charge in [-0.1, -0.05) is 0 Å². The van der Waals surface area contributed by atoms with Gasteiger partial charge < -0.3 is 24.5 Å². The van der Waals surface area contributed by atoms with Gasteiger partial charge in [-0.05, 0) is 20.0 Å². The van der Waals surface area contributed by atoms with Crippen LogP contribution in [-0.4, -0.2) is 90.8 Å². The molecular formula is C12H21N3O4. The maximum Gasteiger partial charge on any atom is 0.334 e. The van der Waals surface area contributed by atoms with Crippen molar-refractivity contribution in [2.45, 2.75) is 12.5 Å². The van der Waals surface area contributed by atoms with Crippen molar-refractivity contribution in [2.24, 2.45) is 0 Å². The molecule has 0 aromatic carbocycles. The number of carbonyl (C=O) groups is 2. The Kier molecular flexibility index (Phi) is 4.60. The maximum atomic E-state index is 12.4. The highest BCUT2D eigenvalue weighted by atomic mass is 16.5. The van der Waals surface area contributed by atoms with E-state index in [0.29, 0.717) is 13.1 Å². The first-order valence-corrected chi connectivity index (χ1v) is 6.64. The van der Waals surface area contributed by atoms with Crippen LogP contribution in [-0.2, 0) is 9.53 Å². The Balaban J connectivity index is 1.93. The normalized spacial score (nSPS) is 26.1. The zero-order chi connectivity index (χ0) is 13.8. The molecule has 0 aliphatic carbocycles. The second kappa shape index (κ2) is 6.21. The molecule has 108 valence electrons. The quantitative estimate of drug-likeness (QED) is 0.698. The fourth-order valence-electron chi connectivity index (χ4n) is 2.41. The van der Waals surface area contributed by atoms with Crippen LogP contribution in [0.5, 0.6) is 0 Å². The minimum atomic E-state index is -1.01. The highest BCUT2D eigenvalue weighted by Gasteiger charge is 2.31. The van der Waals surface area contributed by atoms with Crippen LogP contribution in [0.2, 0.25) is 0 Å². The second-order valence-electron chi connectivity index (χ2n) is 5.07. The van der Waals surface area contributed by atoms with Crippen molar-refractivity contribution in [2.75, 3.05) is 52.9 Å². The monoisotopic (exact) mass is 271 g/mol. The summed E-state index contributed by atoms with van der Waals surface area (Å²) in [7, 11) is 2.04. The summed E-state index contributed by atoms with van der Waals surface area (Å²) in [6.07, 6.45) is 0.0573. The fraction of sp³-hybridized carbons (Fsp3) is 0.833. The predicted octanol–water partition coefficient (Wildman–Crippen LogP) is -0.471. The average Bonchev–Trinajstić information content (AvgIpc) is 2.63. The number of hydrogen-bond donors (Lipinski definition) is 1. The van der Waals surface area contributed by atoms with Crippen LogP contribution in [0.1, 0.15) is 6.42 Å². The first kappa shape index (κ1) is 14.1. The van der Waals surface area contributed by atoms with Crippen LogP contribution in [0.4, 0.5) is 4.79 Å². The molecule has 1 atom stereocenters. The van der Waals surface area contributed by atoms with Crippen molar-refractivity contribution in [1.82, 2.24) is 14.7 Å². The van der Waals surface area contributed by atoms with Gasteiger partial charge >= 0.3 is 12.0 Å². The Morgan fingerprint density at radius 2 is 1.89 bits per heavy atom.